The molecule has 6 aliphatic heterocycles. The lowest BCUT2D eigenvalue weighted by atomic mass is 9.33. The largest absolute Gasteiger partial charge is 0.432 e. The minimum Gasteiger partial charge on any atom is -0.432 e. The van der Waals surface area contributed by atoms with Crippen LogP contribution in [0.15, 0.2) is 11.6 Å². The zero-order valence-electron chi connectivity index (χ0n) is 65.0. The molecule has 0 bridgehead atoms. The molecule has 0 aromatic heterocycles. The molecule has 39 atom stereocenters. The molecular formula is C76H124N2O33. The highest BCUT2D eigenvalue weighted by Crippen LogP contribution is 2.76. The lowest BCUT2D eigenvalue weighted by molar-refractivity contribution is -0.391. The van der Waals surface area contributed by atoms with Crippen molar-refractivity contribution in [1.82, 2.24) is 10.6 Å². The predicted octanol–water partition coefficient (Wildman–Crippen LogP) is -3.29. The smallest absolute Gasteiger partial charge is 0.317 e. The average molecular weight is 1590 g/mol. The van der Waals surface area contributed by atoms with Crippen LogP contribution in [0.25, 0.3) is 0 Å². The number of aldehydes is 1. The van der Waals surface area contributed by atoms with Gasteiger partial charge in [0.2, 0.25) is 12.2 Å². The van der Waals surface area contributed by atoms with Crippen LogP contribution in [0.1, 0.15) is 159 Å². The highest BCUT2D eigenvalue weighted by atomic mass is 16.8. The molecular weight excluding hydrogens is 1470 g/mol. The molecule has 32 unspecified atom stereocenters. The Hall–Kier alpha value is -3.30. The third-order valence-electron chi connectivity index (χ3n) is 27.7. The number of fused-ring (bicyclic) bond motifs is 7. The predicted molar refractivity (Wildman–Crippen MR) is 378 cm³/mol. The summed E-state index contributed by atoms with van der Waals surface area (Å²) in [6, 6.07) is 0. The first kappa shape index (κ1) is 88.5. The van der Waals surface area contributed by atoms with Crippen molar-refractivity contribution >= 4 is 24.1 Å². The van der Waals surface area contributed by atoms with Crippen LogP contribution >= 0.6 is 0 Å². The number of hydrogen-bond acceptors (Lipinski definition) is 33. The van der Waals surface area contributed by atoms with E-state index in [1.54, 1.807) is 6.92 Å². The Morgan fingerprint density at radius 1 is 0.550 bits per heavy atom. The summed E-state index contributed by atoms with van der Waals surface area (Å²) in [5.41, 5.74) is -4.76. The van der Waals surface area contributed by atoms with Gasteiger partial charge in [0.15, 0.2) is 43.7 Å². The fraction of sp³-hybridized carbons (Fsp3) is 0.921. The van der Waals surface area contributed by atoms with Gasteiger partial charge < -0.3 is 159 Å². The number of amides is 2. The second kappa shape index (κ2) is 35.3. The standard InChI is InChI=1S/C76H124N2O33/c1-11-12-13-14-15-16-44(84)77-25-26-78-63(97)59-56(96)58(106-64-53(93)47(87)37(82)31-100-64)62(110-66-55(95)51(91)49(89)39(30-80)104-66)69(107-59)105-43-20-21-72(6)40(73(43,7)32-81)19-22-74(8)41(72)18-17-35-36-27-71(4,5)23-24-76(36,42(83)28-75(35,74)9)70(98)111-67-60(52(92)45(85)33(2)101-67)108-68-61(57(99-10)46(86)34(3)102-68)109-65-54(94)50(90)48(88)38(29-79)103-65/h17,32-34,36-43,45-62,64-69,79-80,82-83,85-96H,11-16,18-31H2,1-10H3,(H,77,84)(H,78,97)/t33?,34?,36?,37?,38?,39?,40?,41?,42-,43+,45?,46?,47?,48?,49?,50?,51?,52?,53?,54?,55?,56?,57?,58?,59?,60?,61?,62?,64?,65?,66?,67?,68?,69?,72+,73+,74-,75-,76-/m1/s1. The topological polar surface area (TPSA) is 536 Å². The molecule has 18 N–H and O–H groups in total. The van der Waals surface area contributed by atoms with Crippen molar-refractivity contribution in [3.05, 3.63) is 11.6 Å². The molecule has 4 saturated carbocycles. The zero-order chi connectivity index (χ0) is 81.1. The van der Waals surface area contributed by atoms with Gasteiger partial charge in [0.05, 0.1) is 49.7 Å². The Morgan fingerprint density at radius 3 is 1.75 bits per heavy atom. The first-order chi connectivity index (χ1) is 52.4. The number of allylic oxidation sites excluding steroid dienone is 2. The van der Waals surface area contributed by atoms with E-state index >= 15 is 4.79 Å². The van der Waals surface area contributed by atoms with Crippen molar-refractivity contribution in [1.29, 1.82) is 0 Å². The Balaban J connectivity index is 0.875. The number of aliphatic hydroxyl groups excluding tert-OH is 16. The van der Waals surface area contributed by atoms with Gasteiger partial charge in [-0.1, -0.05) is 85.8 Å². The molecule has 0 aromatic carbocycles. The number of rotatable bonds is 26. The van der Waals surface area contributed by atoms with Gasteiger partial charge in [-0.25, -0.2) is 0 Å². The van der Waals surface area contributed by atoms with Gasteiger partial charge in [-0.05, 0) is 117 Å². The Kier molecular flexibility index (Phi) is 28.2. The van der Waals surface area contributed by atoms with Crippen LogP contribution in [0, 0.1) is 50.2 Å². The summed E-state index contributed by atoms with van der Waals surface area (Å²) in [6.07, 6.45) is -42.8. The van der Waals surface area contributed by atoms with Crippen LogP contribution in [-0.2, 0) is 80.8 Å². The first-order valence-electron chi connectivity index (χ1n) is 39.7. The van der Waals surface area contributed by atoms with Gasteiger partial charge in [-0.15, -0.1) is 0 Å². The number of nitrogens with one attached hydrogen (secondary N) is 2. The second-order valence-electron chi connectivity index (χ2n) is 34.9. The number of unbranched alkanes of at least 4 members (excludes halogenated alkanes) is 4. The van der Waals surface area contributed by atoms with Crippen molar-refractivity contribution in [2.24, 2.45) is 50.2 Å². The third kappa shape index (κ3) is 16.6. The molecule has 35 nitrogen and oxygen atoms in total. The van der Waals surface area contributed by atoms with Gasteiger partial charge in [0.1, 0.15) is 128 Å². The minimum absolute atomic E-state index is 0.0320. The SMILES string of the molecule is CCCCCCCC(=O)NCCNC(=O)C1OC(O[C@H]2CC[C@@]3(C)C(CC[C@]4(C)C3CC=C3C5CC(C)(C)CC[C@]5(C(=O)OC5OC(C)C(O)C(O)C5OC5OC(C)C(O)C(OC)C5OC5OC(CO)C(O)C(O)C5O)[C@H](O)C[C@]34C)[C@]2(C)C=O)C(OC2OC(CO)C(O)C(O)C2O)C(OC2OCC(O)C(O)C2O)C1O. The first-order valence-corrected chi connectivity index (χ1v) is 39.7. The van der Waals surface area contributed by atoms with E-state index in [0.29, 0.717) is 44.9 Å². The summed E-state index contributed by atoms with van der Waals surface area (Å²) in [7, 11) is 1.24. The molecule has 6 heterocycles. The van der Waals surface area contributed by atoms with Crippen molar-refractivity contribution in [3.63, 3.8) is 0 Å². The Morgan fingerprint density at radius 2 is 1.13 bits per heavy atom. The number of carbonyl (C=O) groups is 4. The molecule has 5 aliphatic carbocycles. The maximum absolute atomic E-state index is 15.9. The van der Waals surface area contributed by atoms with Gasteiger partial charge in [-0.2, -0.15) is 0 Å². The molecule has 111 heavy (non-hydrogen) atoms. The van der Waals surface area contributed by atoms with Crippen LogP contribution in [0.5, 0.6) is 0 Å². The van der Waals surface area contributed by atoms with Crippen molar-refractivity contribution in [2.45, 2.75) is 349 Å². The van der Waals surface area contributed by atoms with E-state index in [-0.39, 0.29) is 50.6 Å². The van der Waals surface area contributed by atoms with Crippen molar-refractivity contribution in [2.75, 3.05) is 40.0 Å². The van der Waals surface area contributed by atoms with E-state index in [9.17, 15) is 96.1 Å². The summed E-state index contributed by atoms with van der Waals surface area (Å²) in [5.74, 6) is -3.46. The molecule has 0 aromatic rings. The van der Waals surface area contributed by atoms with E-state index in [2.05, 4.69) is 58.3 Å². The molecule has 0 radical (unpaired) electrons. The van der Waals surface area contributed by atoms with E-state index < -0.39 is 266 Å². The maximum Gasteiger partial charge on any atom is 0.317 e. The van der Waals surface area contributed by atoms with Crippen LogP contribution in [0.3, 0.4) is 0 Å². The van der Waals surface area contributed by atoms with Gasteiger partial charge >= 0.3 is 5.97 Å². The van der Waals surface area contributed by atoms with Crippen LogP contribution in [-0.4, -0.2) is 336 Å². The fourth-order valence-corrected chi connectivity index (χ4v) is 20.7. The molecule has 2 amide bonds. The number of carbonyl (C=O) groups excluding carboxylic acids is 4. The summed E-state index contributed by atoms with van der Waals surface area (Å²) >= 11 is 0. The van der Waals surface area contributed by atoms with E-state index in [1.807, 2.05) is 0 Å². The van der Waals surface area contributed by atoms with Gasteiger partial charge in [0.25, 0.3) is 5.91 Å². The lowest BCUT2D eigenvalue weighted by Gasteiger charge is -2.71. The highest BCUT2D eigenvalue weighted by Gasteiger charge is 2.73. The molecule has 35 heteroatoms. The maximum atomic E-state index is 15.9. The molecule has 10 fully saturated rings. The number of methoxy groups -OCH3 is 1. The van der Waals surface area contributed by atoms with Crippen LogP contribution in [0.4, 0.5) is 0 Å². The summed E-state index contributed by atoms with van der Waals surface area (Å²) in [6.45, 7) is 14.9. The summed E-state index contributed by atoms with van der Waals surface area (Å²) in [4.78, 5) is 57.8. The average Bonchev–Trinajstić information content (AvgIpc) is 0.670. The van der Waals surface area contributed by atoms with Crippen molar-refractivity contribution in [3.8, 4) is 0 Å². The van der Waals surface area contributed by atoms with E-state index in [0.717, 1.165) is 37.5 Å². The zero-order valence-corrected chi connectivity index (χ0v) is 65.0. The molecule has 6 saturated heterocycles. The third-order valence-corrected chi connectivity index (χ3v) is 27.7. The quantitative estimate of drug-likeness (QED) is 0.0133. The van der Waals surface area contributed by atoms with Crippen LogP contribution < -0.4 is 10.6 Å². The molecule has 11 aliphatic rings. The molecule has 0 spiro atoms. The van der Waals surface area contributed by atoms with Gasteiger partial charge in [-0.3, -0.25) is 14.4 Å². The lowest BCUT2D eigenvalue weighted by Crippen LogP contribution is -2.70. The monoisotopic (exact) mass is 1590 g/mol. The number of ether oxygens (including phenoxy) is 13. The van der Waals surface area contributed by atoms with E-state index in [4.69, 9.17) is 61.6 Å². The number of esters is 1. The summed E-state index contributed by atoms with van der Waals surface area (Å²) < 4.78 is 80.5. The molecule has 11 rings (SSSR count). The van der Waals surface area contributed by atoms with Crippen LogP contribution in [0.2, 0.25) is 0 Å². The second-order valence-corrected chi connectivity index (χ2v) is 34.9. The number of aliphatic hydroxyl groups is 16. The molecule has 636 valence electrons. The fourth-order valence-electron chi connectivity index (χ4n) is 20.7. The minimum atomic E-state index is -2.12. The highest BCUT2D eigenvalue weighted by molar-refractivity contribution is 5.82. The Bertz CT molecular complexity index is 3180. The van der Waals surface area contributed by atoms with E-state index in [1.165, 1.54) is 21.0 Å². The normalized spacial score (nSPS) is 49.8. The summed E-state index contributed by atoms with van der Waals surface area (Å²) in [5, 5.41) is 185. The Labute approximate surface area is 645 Å². The van der Waals surface area contributed by atoms with Crippen molar-refractivity contribution < 1.29 is 162 Å². The number of hydrogen-bond donors (Lipinski definition) is 18. The van der Waals surface area contributed by atoms with Gasteiger partial charge in [0, 0.05) is 26.6 Å².